The van der Waals surface area contributed by atoms with Crippen LogP contribution in [0.25, 0.3) is 0 Å². The molecule has 0 aromatic carbocycles. The summed E-state index contributed by atoms with van der Waals surface area (Å²) in [6.45, 7) is 2.60. The number of ketones is 1. The van der Waals surface area contributed by atoms with Gasteiger partial charge in [-0.2, -0.15) is 0 Å². The molecule has 0 radical (unpaired) electrons. The van der Waals surface area contributed by atoms with Crippen molar-refractivity contribution in [1.29, 1.82) is 0 Å². The third-order valence-corrected chi connectivity index (χ3v) is 2.94. The molecule has 98 valence electrons. The topological polar surface area (TPSA) is 46.1 Å². The van der Waals surface area contributed by atoms with Crippen LogP contribution in [0.3, 0.4) is 0 Å². The Hall–Kier alpha value is -2.23. The number of carbonyl (C=O) groups excluding carboxylic acids is 1. The summed E-state index contributed by atoms with van der Waals surface area (Å²) in [7, 11) is 1.99. The maximum Gasteiger partial charge on any atom is 0.180 e. The SMILES string of the molecule is CCC(=O)c1ccc(N(C)Cc2cccnc2)cn1. The highest BCUT2D eigenvalue weighted by Gasteiger charge is 2.06. The minimum Gasteiger partial charge on any atom is -0.369 e. The van der Waals surface area contributed by atoms with E-state index in [0.29, 0.717) is 12.1 Å². The Morgan fingerprint density at radius 2 is 2.11 bits per heavy atom. The van der Waals surface area contributed by atoms with E-state index in [2.05, 4.69) is 14.9 Å². The highest BCUT2D eigenvalue weighted by molar-refractivity contribution is 5.94. The second-order valence-electron chi connectivity index (χ2n) is 4.40. The normalized spacial score (nSPS) is 10.2. The average molecular weight is 255 g/mol. The maximum atomic E-state index is 11.5. The quantitative estimate of drug-likeness (QED) is 0.771. The van der Waals surface area contributed by atoms with Gasteiger partial charge in [0.25, 0.3) is 0 Å². The van der Waals surface area contributed by atoms with Crippen LogP contribution in [0.5, 0.6) is 0 Å². The Morgan fingerprint density at radius 1 is 1.26 bits per heavy atom. The fourth-order valence-electron chi connectivity index (χ4n) is 1.81. The lowest BCUT2D eigenvalue weighted by Crippen LogP contribution is -2.17. The van der Waals surface area contributed by atoms with Gasteiger partial charge in [-0.15, -0.1) is 0 Å². The van der Waals surface area contributed by atoms with Crippen LogP contribution in [0, 0.1) is 0 Å². The van der Waals surface area contributed by atoms with Crippen molar-refractivity contribution in [1.82, 2.24) is 9.97 Å². The number of hydrogen-bond acceptors (Lipinski definition) is 4. The third-order valence-electron chi connectivity index (χ3n) is 2.94. The van der Waals surface area contributed by atoms with Gasteiger partial charge in [0.05, 0.1) is 11.9 Å². The molecule has 0 N–H and O–H groups in total. The standard InChI is InChI=1S/C15H17N3O/c1-3-15(19)14-7-6-13(10-17-14)18(2)11-12-5-4-8-16-9-12/h4-10H,3,11H2,1-2H3. The Bertz CT molecular complexity index is 537. The predicted octanol–water partition coefficient (Wildman–Crippen LogP) is 2.71. The van der Waals surface area contributed by atoms with E-state index in [-0.39, 0.29) is 5.78 Å². The van der Waals surface area contributed by atoms with E-state index in [1.165, 1.54) is 0 Å². The molecule has 0 aliphatic rings. The highest BCUT2D eigenvalue weighted by Crippen LogP contribution is 2.14. The lowest BCUT2D eigenvalue weighted by atomic mass is 10.2. The van der Waals surface area contributed by atoms with Gasteiger partial charge in [0, 0.05) is 32.4 Å². The second kappa shape index (κ2) is 6.09. The van der Waals surface area contributed by atoms with Gasteiger partial charge in [-0.3, -0.25) is 14.8 Å². The first-order valence-corrected chi connectivity index (χ1v) is 6.30. The van der Waals surface area contributed by atoms with Gasteiger partial charge in [-0.05, 0) is 23.8 Å². The summed E-state index contributed by atoms with van der Waals surface area (Å²) in [6.07, 6.45) is 5.83. The molecule has 0 spiro atoms. The number of anilines is 1. The lowest BCUT2D eigenvalue weighted by molar-refractivity contribution is 0.0983. The maximum absolute atomic E-state index is 11.5. The van der Waals surface area contributed by atoms with Gasteiger partial charge in [0.15, 0.2) is 5.78 Å². The van der Waals surface area contributed by atoms with Gasteiger partial charge < -0.3 is 4.90 Å². The summed E-state index contributed by atoms with van der Waals surface area (Å²) in [5.74, 6) is 0.0708. The average Bonchev–Trinajstić information content (AvgIpc) is 2.47. The van der Waals surface area contributed by atoms with Crippen molar-refractivity contribution in [3.63, 3.8) is 0 Å². The van der Waals surface area contributed by atoms with Crippen LogP contribution in [0.1, 0.15) is 29.4 Å². The van der Waals surface area contributed by atoms with Crippen molar-refractivity contribution in [2.45, 2.75) is 19.9 Å². The molecule has 2 rings (SSSR count). The lowest BCUT2D eigenvalue weighted by Gasteiger charge is -2.18. The molecule has 2 aromatic rings. The summed E-state index contributed by atoms with van der Waals surface area (Å²) in [4.78, 5) is 21.9. The first kappa shape index (κ1) is 13.2. The number of Topliss-reactive ketones (excluding diaryl/α,β-unsaturated/α-hetero) is 1. The van der Waals surface area contributed by atoms with Crippen LogP contribution in [-0.2, 0) is 6.54 Å². The zero-order valence-electron chi connectivity index (χ0n) is 11.2. The number of nitrogens with zero attached hydrogens (tertiary/aromatic N) is 3. The minimum atomic E-state index is 0.0708. The van der Waals surface area contributed by atoms with Crippen LogP contribution >= 0.6 is 0 Å². The Labute approximate surface area is 113 Å². The molecule has 4 heteroatoms. The van der Waals surface area contributed by atoms with Crippen molar-refractivity contribution in [2.24, 2.45) is 0 Å². The van der Waals surface area contributed by atoms with E-state index in [1.54, 1.807) is 18.5 Å². The molecule has 0 fully saturated rings. The van der Waals surface area contributed by atoms with E-state index in [9.17, 15) is 4.79 Å². The summed E-state index contributed by atoms with van der Waals surface area (Å²) < 4.78 is 0. The van der Waals surface area contributed by atoms with Crippen LogP contribution in [-0.4, -0.2) is 22.8 Å². The molecule has 0 unspecified atom stereocenters. The monoisotopic (exact) mass is 255 g/mol. The third kappa shape index (κ3) is 3.37. The predicted molar refractivity (Wildman–Crippen MR) is 75.2 cm³/mol. The summed E-state index contributed by atoms with van der Waals surface area (Å²) in [5.41, 5.74) is 2.65. The first-order chi connectivity index (χ1) is 9.20. The van der Waals surface area contributed by atoms with E-state index >= 15 is 0 Å². The summed E-state index contributed by atoms with van der Waals surface area (Å²) in [6, 6.07) is 7.66. The van der Waals surface area contributed by atoms with Crippen LogP contribution in [0.2, 0.25) is 0 Å². The van der Waals surface area contributed by atoms with Gasteiger partial charge >= 0.3 is 0 Å². The van der Waals surface area contributed by atoms with Gasteiger partial charge in [0.1, 0.15) is 5.69 Å². The van der Waals surface area contributed by atoms with Gasteiger partial charge in [0.2, 0.25) is 0 Å². The number of rotatable bonds is 5. The second-order valence-corrected chi connectivity index (χ2v) is 4.40. The molecule has 0 aliphatic carbocycles. The molecule has 19 heavy (non-hydrogen) atoms. The smallest absolute Gasteiger partial charge is 0.180 e. The van der Waals surface area contributed by atoms with Crippen LogP contribution < -0.4 is 4.90 Å². The van der Waals surface area contributed by atoms with Crippen molar-refractivity contribution in [2.75, 3.05) is 11.9 Å². The van der Waals surface area contributed by atoms with E-state index in [4.69, 9.17) is 0 Å². The molecule has 0 amide bonds. The Morgan fingerprint density at radius 3 is 2.68 bits per heavy atom. The minimum absolute atomic E-state index is 0.0708. The first-order valence-electron chi connectivity index (χ1n) is 6.30. The molecule has 2 heterocycles. The number of pyridine rings is 2. The molecule has 4 nitrogen and oxygen atoms in total. The number of carbonyl (C=O) groups is 1. The molecular formula is C15H17N3O. The van der Waals surface area contributed by atoms with Gasteiger partial charge in [-0.1, -0.05) is 13.0 Å². The van der Waals surface area contributed by atoms with Gasteiger partial charge in [-0.25, -0.2) is 0 Å². The fraction of sp³-hybridized carbons (Fsp3) is 0.267. The molecule has 0 saturated heterocycles. The molecule has 0 saturated carbocycles. The Kier molecular flexibility index (Phi) is 4.23. The van der Waals surface area contributed by atoms with Crippen molar-refractivity contribution < 1.29 is 4.79 Å². The van der Waals surface area contributed by atoms with Crippen molar-refractivity contribution >= 4 is 11.5 Å². The number of aromatic nitrogens is 2. The van der Waals surface area contributed by atoms with Crippen LogP contribution in [0.4, 0.5) is 5.69 Å². The molecule has 0 bridgehead atoms. The summed E-state index contributed by atoms with van der Waals surface area (Å²) in [5, 5.41) is 0. The summed E-state index contributed by atoms with van der Waals surface area (Å²) >= 11 is 0. The zero-order chi connectivity index (χ0) is 13.7. The van der Waals surface area contributed by atoms with Crippen molar-refractivity contribution in [3.8, 4) is 0 Å². The fourth-order valence-corrected chi connectivity index (χ4v) is 1.81. The molecular weight excluding hydrogens is 238 g/mol. The van der Waals surface area contributed by atoms with Crippen LogP contribution in [0.15, 0.2) is 42.9 Å². The van der Waals surface area contributed by atoms with E-state index < -0.39 is 0 Å². The molecule has 0 atom stereocenters. The van der Waals surface area contributed by atoms with E-state index in [1.807, 2.05) is 38.4 Å². The number of hydrogen-bond donors (Lipinski definition) is 0. The largest absolute Gasteiger partial charge is 0.369 e. The molecule has 0 aliphatic heterocycles. The molecule has 2 aromatic heterocycles. The Balaban J connectivity index is 2.07. The van der Waals surface area contributed by atoms with Crippen molar-refractivity contribution in [3.05, 3.63) is 54.1 Å². The highest BCUT2D eigenvalue weighted by atomic mass is 16.1. The zero-order valence-corrected chi connectivity index (χ0v) is 11.2. The van der Waals surface area contributed by atoms with E-state index in [0.717, 1.165) is 17.8 Å².